The van der Waals surface area contributed by atoms with Gasteiger partial charge in [0.15, 0.2) is 0 Å². The normalized spacial score (nSPS) is 21.9. The van der Waals surface area contributed by atoms with E-state index in [4.69, 9.17) is 10.7 Å². The summed E-state index contributed by atoms with van der Waals surface area (Å²) >= 11 is 0. The van der Waals surface area contributed by atoms with Crippen molar-refractivity contribution in [3.8, 4) is 0 Å². The molecule has 0 radical (unpaired) electrons. The van der Waals surface area contributed by atoms with Crippen molar-refractivity contribution in [2.45, 2.75) is 44.6 Å². The van der Waals surface area contributed by atoms with Gasteiger partial charge in [-0.05, 0) is 38.2 Å². The van der Waals surface area contributed by atoms with E-state index in [1.165, 1.54) is 24.1 Å². The largest absolute Gasteiger partial charge is 0.341 e. The SMILES string of the molecule is Cc1cnc(N2CCC(N)CC2)nc1C1CC1. The van der Waals surface area contributed by atoms with Crippen LogP contribution in [-0.2, 0) is 0 Å². The number of hydrogen-bond donors (Lipinski definition) is 1. The van der Waals surface area contributed by atoms with E-state index in [2.05, 4.69) is 16.8 Å². The Morgan fingerprint density at radius 2 is 1.94 bits per heavy atom. The van der Waals surface area contributed by atoms with Crippen molar-refractivity contribution >= 4 is 5.95 Å². The number of anilines is 1. The third-order valence-electron chi connectivity index (χ3n) is 3.78. The van der Waals surface area contributed by atoms with E-state index in [1.807, 2.05) is 6.20 Å². The summed E-state index contributed by atoms with van der Waals surface area (Å²) < 4.78 is 0. The monoisotopic (exact) mass is 232 g/mol. The van der Waals surface area contributed by atoms with Crippen molar-refractivity contribution in [3.63, 3.8) is 0 Å². The van der Waals surface area contributed by atoms with Crippen molar-refractivity contribution in [2.24, 2.45) is 5.73 Å². The highest BCUT2D eigenvalue weighted by Gasteiger charge is 2.28. The number of aryl methyl sites for hydroxylation is 1. The molecule has 1 aliphatic carbocycles. The molecule has 3 rings (SSSR count). The molecule has 2 aliphatic rings. The minimum Gasteiger partial charge on any atom is -0.341 e. The molecule has 4 nitrogen and oxygen atoms in total. The Bertz CT molecular complexity index is 406. The molecule has 2 fully saturated rings. The van der Waals surface area contributed by atoms with Crippen molar-refractivity contribution in [1.82, 2.24) is 9.97 Å². The van der Waals surface area contributed by atoms with E-state index in [9.17, 15) is 0 Å². The Balaban J connectivity index is 1.80. The molecular weight excluding hydrogens is 212 g/mol. The molecule has 1 saturated heterocycles. The summed E-state index contributed by atoms with van der Waals surface area (Å²) in [5.41, 5.74) is 8.43. The second-order valence-electron chi connectivity index (χ2n) is 5.34. The maximum absolute atomic E-state index is 5.92. The first kappa shape index (κ1) is 11.0. The summed E-state index contributed by atoms with van der Waals surface area (Å²) in [5.74, 6) is 1.60. The number of piperidine rings is 1. The molecular formula is C13H20N4. The molecule has 1 aliphatic heterocycles. The number of rotatable bonds is 2. The number of hydrogen-bond acceptors (Lipinski definition) is 4. The zero-order valence-electron chi connectivity index (χ0n) is 10.4. The summed E-state index contributed by atoms with van der Waals surface area (Å²) in [6.45, 7) is 4.10. The van der Waals surface area contributed by atoms with Gasteiger partial charge in [0, 0.05) is 31.2 Å². The van der Waals surface area contributed by atoms with Gasteiger partial charge in [-0.3, -0.25) is 0 Å². The summed E-state index contributed by atoms with van der Waals surface area (Å²) in [5, 5.41) is 0. The zero-order chi connectivity index (χ0) is 11.8. The maximum atomic E-state index is 5.92. The number of nitrogens with zero attached hydrogens (tertiary/aromatic N) is 3. The molecule has 92 valence electrons. The first-order valence-corrected chi connectivity index (χ1v) is 6.58. The van der Waals surface area contributed by atoms with Gasteiger partial charge < -0.3 is 10.6 Å². The van der Waals surface area contributed by atoms with Gasteiger partial charge in [-0.2, -0.15) is 0 Å². The second-order valence-corrected chi connectivity index (χ2v) is 5.34. The molecule has 1 aromatic heterocycles. The quantitative estimate of drug-likeness (QED) is 0.841. The van der Waals surface area contributed by atoms with Gasteiger partial charge >= 0.3 is 0 Å². The minimum absolute atomic E-state index is 0.361. The van der Waals surface area contributed by atoms with Crippen LogP contribution in [0, 0.1) is 6.92 Å². The smallest absolute Gasteiger partial charge is 0.225 e. The molecule has 0 atom stereocenters. The Labute approximate surface area is 102 Å². The molecule has 1 aromatic rings. The van der Waals surface area contributed by atoms with Crippen LogP contribution in [0.15, 0.2) is 6.20 Å². The van der Waals surface area contributed by atoms with Crippen LogP contribution in [0.5, 0.6) is 0 Å². The Hall–Kier alpha value is -1.16. The van der Waals surface area contributed by atoms with E-state index < -0.39 is 0 Å². The van der Waals surface area contributed by atoms with Crippen molar-refractivity contribution in [3.05, 3.63) is 17.5 Å². The Morgan fingerprint density at radius 1 is 1.24 bits per heavy atom. The zero-order valence-corrected chi connectivity index (χ0v) is 10.4. The minimum atomic E-state index is 0.361. The molecule has 1 saturated carbocycles. The average molecular weight is 232 g/mol. The molecule has 17 heavy (non-hydrogen) atoms. The van der Waals surface area contributed by atoms with E-state index in [-0.39, 0.29) is 0 Å². The van der Waals surface area contributed by atoms with Crippen LogP contribution in [0.2, 0.25) is 0 Å². The lowest BCUT2D eigenvalue weighted by atomic mass is 10.1. The molecule has 0 aromatic carbocycles. The molecule has 4 heteroatoms. The lowest BCUT2D eigenvalue weighted by Crippen LogP contribution is -2.40. The van der Waals surface area contributed by atoms with Gasteiger partial charge in [-0.1, -0.05) is 0 Å². The van der Waals surface area contributed by atoms with Crippen molar-refractivity contribution in [1.29, 1.82) is 0 Å². The molecule has 2 N–H and O–H groups in total. The predicted octanol–water partition coefficient (Wildman–Crippen LogP) is 1.59. The predicted molar refractivity (Wildman–Crippen MR) is 68.2 cm³/mol. The Kier molecular flexibility index (Phi) is 2.74. The molecule has 2 heterocycles. The van der Waals surface area contributed by atoms with Gasteiger partial charge in [0.05, 0.1) is 5.69 Å². The lowest BCUT2D eigenvalue weighted by Gasteiger charge is -2.30. The highest BCUT2D eigenvalue weighted by molar-refractivity contribution is 5.36. The fourth-order valence-electron chi connectivity index (χ4n) is 2.47. The second kappa shape index (κ2) is 4.26. The first-order chi connectivity index (χ1) is 8.24. The third-order valence-corrected chi connectivity index (χ3v) is 3.78. The molecule has 0 unspecified atom stereocenters. The van der Waals surface area contributed by atoms with Crippen molar-refractivity contribution in [2.75, 3.05) is 18.0 Å². The molecule has 0 spiro atoms. The van der Waals surface area contributed by atoms with Crippen LogP contribution in [0.3, 0.4) is 0 Å². The van der Waals surface area contributed by atoms with Crippen LogP contribution in [0.25, 0.3) is 0 Å². The third kappa shape index (κ3) is 2.27. The Morgan fingerprint density at radius 3 is 2.59 bits per heavy atom. The summed E-state index contributed by atoms with van der Waals surface area (Å²) in [4.78, 5) is 11.5. The number of aromatic nitrogens is 2. The van der Waals surface area contributed by atoms with Crippen LogP contribution < -0.4 is 10.6 Å². The average Bonchev–Trinajstić information content (AvgIpc) is 3.15. The summed E-state index contributed by atoms with van der Waals surface area (Å²) in [6.07, 6.45) is 6.67. The first-order valence-electron chi connectivity index (χ1n) is 6.58. The van der Waals surface area contributed by atoms with Crippen LogP contribution in [-0.4, -0.2) is 29.1 Å². The summed E-state index contributed by atoms with van der Waals surface area (Å²) in [6, 6.07) is 0.361. The molecule has 0 amide bonds. The maximum Gasteiger partial charge on any atom is 0.225 e. The van der Waals surface area contributed by atoms with Gasteiger partial charge in [-0.25, -0.2) is 9.97 Å². The summed E-state index contributed by atoms with van der Waals surface area (Å²) in [7, 11) is 0. The molecule has 0 bridgehead atoms. The highest BCUT2D eigenvalue weighted by Crippen LogP contribution is 2.40. The van der Waals surface area contributed by atoms with Crippen LogP contribution >= 0.6 is 0 Å². The fraction of sp³-hybridized carbons (Fsp3) is 0.692. The van der Waals surface area contributed by atoms with Gasteiger partial charge in [-0.15, -0.1) is 0 Å². The van der Waals surface area contributed by atoms with Gasteiger partial charge in [0.25, 0.3) is 0 Å². The van der Waals surface area contributed by atoms with Crippen molar-refractivity contribution < 1.29 is 0 Å². The fourth-order valence-corrected chi connectivity index (χ4v) is 2.47. The van der Waals surface area contributed by atoms with Gasteiger partial charge in [0.1, 0.15) is 0 Å². The number of nitrogens with two attached hydrogens (primary N) is 1. The van der Waals surface area contributed by atoms with E-state index >= 15 is 0 Å². The van der Waals surface area contributed by atoms with E-state index in [1.54, 1.807) is 0 Å². The van der Waals surface area contributed by atoms with Gasteiger partial charge in [0.2, 0.25) is 5.95 Å². The lowest BCUT2D eigenvalue weighted by molar-refractivity contribution is 0.495. The van der Waals surface area contributed by atoms with E-state index in [0.717, 1.165) is 31.9 Å². The standard InChI is InChI=1S/C13H20N4/c1-9-8-15-13(16-12(9)10-2-3-10)17-6-4-11(14)5-7-17/h8,10-11H,2-7,14H2,1H3. The van der Waals surface area contributed by atoms with E-state index in [0.29, 0.717) is 12.0 Å². The highest BCUT2D eigenvalue weighted by atomic mass is 15.3. The van der Waals surface area contributed by atoms with Crippen LogP contribution in [0.4, 0.5) is 5.95 Å². The topological polar surface area (TPSA) is 55.0 Å². The van der Waals surface area contributed by atoms with Crippen LogP contribution in [0.1, 0.15) is 42.9 Å².